The monoisotopic (exact) mass is 323 g/mol. The van der Waals surface area contributed by atoms with Gasteiger partial charge in [-0.2, -0.15) is 5.10 Å². The number of nitrogens with zero attached hydrogens (tertiary/aromatic N) is 2. The molecule has 1 amide bonds. The summed E-state index contributed by atoms with van der Waals surface area (Å²) in [6.07, 6.45) is 6.59. The molecule has 1 aliphatic rings. The highest BCUT2D eigenvalue weighted by Crippen LogP contribution is 2.39. The van der Waals surface area contributed by atoms with Crippen LogP contribution in [0.1, 0.15) is 63.1 Å². The molecule has 0 saturated carbocycles. The van der Waals surface area contributed by atoms with E-state index in [9.17, 15) is 4.79 Å². The number of anilines is 1. The zero-order chi connectivity index (χ0) is 17.1. The Hall–Kier alpha value is -2.36. The lowest BCUT2D eigenvalue weighted by Crippen LogP contribution is -2.25. The molecule has 0 bridgehead atoms. The molecule has 3 rings (SSSR count). The summed E-state index contributed by atoms with van der Waals surface area (Å²) in [5.41, 5.74) is 3.49. The zero-order valence-electron chi connectivity index (χ0n) is 14.6. The van der Waals surface area contributed by atoms with Crippen molar-refractivity contribution in [2.45, 2.75) is 52.0 Å². The van der Waals surface area contributed by atoms with Gasteiger partial charge in [0.15, 0.2) is 0 Å². The number of aromatic nitrogens is 2. The summed E-state index contributed by atoms with van der Waals surface area (Å²) >= 11 is 0. The zero-order valence-corrected chi connectivity index (χ0v) is 14.6. The Bertz CT molecular complexity index is 741. The normalized spacial score (nSPS) is 17.8. The summed E-state index contributed by atoms with van der Waals surface area (Å²) in [5.74, 6) is 1.05. The molecule has 2 aromatic rings. The summed E-state index contributed by atoms with van der Waals surface area (Å²) in [6.45, 7) is 6.42. The number of carbonyl (C=O) groups is 1. The fourth-order valence-corrected chi connectivity index (χ4v) is 3.47. The van der Waals surface area contributed by atoms with Crippen molar-refractivity contribution in [1.82, 2.24) is 9.78 Å². The van der Waals surface area contributed by atoms with E-state index in [2.05, 4.69) is 49.4 Å². The smallest absolute Gasteiger partial charge is 0.226 e. The highest BCUT2D eigenvalue weighted by Gasteiger charge is 2.30. The second-order valence-electron chi connectivity index (χ2n) is 6.47. The Kier molecular flexibility index (Phi) is 4.84. The highest BCUT2D eigenvalue weighted by molar-refractivity contribution is 5.94. The van der Waals surface area contributed by atoms with Gasteiger partial charge in [0.1, 0.15) is 5.82 Å². The van der Waals surface area contributed by atoms with E-state index in [0.717, 1.165) is 29.8 Å². The molecule has 4 nitrogen and oxygen atoms in total. The first-order chi connectivity index (χ1) is 11.6. The number of allylic oxidation sites excluding steroid dienone is 1. The first kappa shape index (κ1) is 16.5. The highest BCUT2D eigenvalue weighted by atomic mass is 16.1. The van der Waals surface area contributed by atoms with Crippen molar-refractivity contribution in [2.24, 2.45) is 0 Å². The van der Waals surface area contributed by atoms with Crippen LogP contribution >= 0.6 is 0 Å². The van der Waals surface area contributed by atoms with Gasteiger partial charge in [-0.1, -0.05) is 55.8 Å². The van der Waals surface area contributed by atoms with Crippen LogP contribution in [0.25, 0.3) is 6.08 Å². The topological polar surface area (TPSA) is 46.9 Å². The number of hydrogen-bond acceptors (Lipinski definition) is 2. The standard InChI is InChI=1S/C20H25N3O/c1-4-16(5-2)23-20-18(13-21-23)17(12-19(24)22-20)14(3)11-15-9-7-6-8-10-15/h6-11,13,16-17H,4-5,12H2,1-3H3,(H,22,24)/b14-11+/t17-/m0/s1. The van der Waals surface area contributed by atoms with Gasteiger partial charge in [-0.15, -0.1) is 0 Å². The molecule has 1 aromatic carbocycles. The minimum atomic E-state index is 0.0704. The molecule has 4 heteroatoms. The molecular formula is C20H25N3O. The van der Waals surface area contributed by atoms with E-state index in [-0.39, 0.29) is 11.8 Å². The number of fused-ring (bicyclic) bond motifs is 1. The van der Waals surface area contributed by atoms with Crippen LogP contribution in [-0.4, -0.2) is 15.7 Å². The Morgan fingerprint density at radius 1 is 1.33 bits per heavy atom. The molecule has 0 aliphatic carbocycles. The summed E-state index contributed by atoms with van der Waals surface area (Å²) < 4.78 is 2.00. The van der Waals surface area contributed by atoms with E-state index >= 15 is 0 Å². The second-order valence-corrected chi connectivity index (χ2v) is 6.47. The summed E-state index contributed by atoms with van der Waals surface area (Å²) in [7, 11) is 0. The number of hydrogen-bond donors (Lipinski definition) is 1. The van der Waals surface area contributed by atoms with Crippen LogP contribution in [0.15, 0.2) is 42.1 Å². The summed E-state index contributed by atoms with van der Waals surface area (Å²) in [4.78, 5) is 12.3. The average Bonchev–Trinajstić information content (AvgIpc) is 3.00. The minimum absolute atomic E-state index is 0.0704. The Labute approximate surface area is 143 Å². The van der Waals surface area contributed by atoms with E-state index < -0.39 is 0 Å². The quantitative estimate of drug-likeness (QED) is 0.861. The number of nitrogens with one attached hydrogen (secondary N) is 1. The molecule has 126 valence electrons. The van der Waals surface area contributed by atoms with Crippen LogP contribution in [0.4, 0.5) is 5.82 Å². The van der Waals surface area contributed by atoms with Gasteiger partial charge in [-0.25, -0.2) is 4.68 Å². The van der Waals surface area contributed by atoms with E-state index in [1.807, 2.05) is 29.1 Å². The van der Waals surface area contributed by atoms with Crippen LogP contribution in [0.2, 0.25) is 0 Å². The lowest BCUT2D eigenvalue weighted by Gasteiger charge is -2.26. The molecular weight excluding hydrogens is 298 g/mol. The van der Waals surface area contributed by atoms with E-state index in [0.29, 0.717) is 12.5 Å². The maximum absolute atomic E-state index is 12.3. The lowest BCUT2D eigenvalue weighted by atomic mass is 9.87. The summed E-state index contributed by atoms with van der Waals surface area (Å²) in [6, 6.07) is 10.6. The Morgan fingerprint density at radius 2 is 2.04 bits per heavy atom. The number of rotatable bonds is 5. The predicted molar refractivity (Wildman–Crippen MR) is 97.9 cm³/mol. The van der Waals surface area contributed by atoms with Crippen molar-refractivity contribution in [3.63, 3.8) is 0 Å². The molecule has 24 heavy (non-hydrogen) atoms. The first-order valence-electron chi connectivity index (χ1n) is 8.74. The predicted octanol–water partition coefficient (Wildman–Crippen LogP) is 4.77. The van der Waals surface area contributed by atoms with Crippen LogP contribution in [0.5, 0.6) is 0 Å². The van der Waals surface area contributed by atoms with Crippen molar-refractivity contribution < 1.29 is 4.79 Å². The van der Waals surface area contributed by atoms with Gasteiger partial charge in [-0.05, 0) is 25.3 Å². The van der Waals surface area contributed by atoms with E-state index in [1.54, 1.807) is 0 Å². The van der Waals surface area contributed by atoms with Crippen molar-refractivity contribution in [1.29, 1.82) is 0 Å². The average molecular weight is 323 g/mol. The lowest BCUT2D eigenvalue weighted by molar-refractivity contribution is -0.116. The third-order valence-corrected chi connectivity index (χ3v) is 4.88. The molecule has 1 N–H and O–H groups in total. The van der Waals surface area contributed by atoms with Crippen molar-refractivity contribution in [2.75, 3.05) is 5.32 Å². The molecule has 0 unspecified atom stereocenters. The van der Waals surface area contributed by atoms with Crippen molar-refractivity contribution in [3.8, 4) is 0 Å². The first-order valence-corrected chi connectivity index (χ1v) is 8.74. The summed E-state index contributed by atoms with van der Waals surface area (Å²) in [5, 5.41) is 7.63. The maximum atomic E-state index is 12.3. The third-order valence-electron chi connectivity index (χ3n) is 4.88. The van der Waals surface area contributed by atoms with E-state index in [4.69, 9.17) is 0 Å². The number of amides is 1. The van der Waals surface area contributed by atoms with Gasteiger partial charge in [0, 0.05) is 17.9 Å². The fourth-order valence-electron chi connectivity index (χ4n) is 3.47. The van der Waals surface area contributed by atoms with Gasteiger partial charge in [0.05, 0.1) is 12.2 Å². The van der Waals surface area contributed by atoms with Gasteiger partial charge in [0.2, 0.25) is 5.91 Å². The Balaban J connectivity index is 1.98. The molecule has 1 atom stereocenters. The van der Waals surface area contributed by atoms with Crippen molar-refractivity contribution in [3.05, 3.63) is 53.2 Å². The molecule has 0 spiro atoms. The molecule has 2 heterocycles. The SMILES string of the molecule is CCC(CC)n1ncc2c1NC(=O)C[C@H]2/C(C)=C/c1ccccc1. The van der Waals surface area contributed by atoms with Crippen LogP contribution in [0, 0.1) is 0 Å². The minimum Gasteiger partial charge on any atom is -0.311 e. The van der Waals surface area contributed by atoms with Crippen LogP contribution < -0.4 is 5.32 Å². The number of carbonyl (C=O) groups excluding carboxylic acids is 1. The van der Waals surface area contributed by atoms with Gasteiger partial charge >= 0.3 is 0 Å². The maximum Gasteiger partial charge on any atom is 0.226 e. The largest absolute Gasteiger partial charge is 0.311 e. The second kappa shape index (κ2) is 7.04. The molecule has 1 aromatic heterocycles. The molecule has 1 aliphatic heterocycles. The third kappa shape index (κ3) is 3.14. The van der Waals surface area contributed by atoms with Crippen LogP contribution in [-0.2, 0) is 4.79 Å². The molecule has 0 fully saturated rings. The van der Waals surface area contributed by atoms with Gasteiger partial charge in [0.25, 0.3) is 0 Å². The van der Waals surface area contributed by atoms with Gasteiger partial charge < -0.3 is 5.32 Å². The van der Waals surface area contributed by atoms with Gasteiger partial charge in [-0.3, -0.25) is 4.79 Å². The molecule has 0 saturated heterocycles. The van der Waals surface area contributed by atoms with E-state index in [1.165, 1.54) is 5.57 Å². The number of benzene rings is 1. The molecule has 0 radical (unpaired) electrons. The fraction of sp³-hybridized carbons (Fsp3) is 0.400. The van der Waals surface area contributed by atoms with Crippen molar-refractivity contribution >= 4 is 17.8 Å². The Morgan fingerprint density at radius 3 is 2.71 bits per heavy atom. The van der Waals surface area contributed by atoms with Crippen LogP contribution in [0.3, 0.4) is 0 Å².